The molecule has 0 nitrogen and oxygen atoms in total. The molecule has 0 radical (unpaired) electrons. The minimum absolute atomic E-state index is 0.539. The van der Waals surface area contributed by atoms with Crippen LogP contribution in [0.25, 0.3) is 5.57 Å². The maximum atomic E-state index is 4.15. The Hall–Kier alpha value is -1.30. The third-order valence-corrected chi connectivity index (χ3v) is 3.54. The Morgan fingerprint density at radius 1 is 1.25 bits per heavy atom. The number of fused-ring (bicyclic) bond motifs is 1. The van der Waals surface area contributed by atoms with E-state index < -0.39 is 0 Å². The summed E-state index contributed by atoms with van der Waals surface area (Å²) in [6.45, 7) is 12.5. The molecule has 1 atom stereocenters. The second-order valence-electron chi connectivity index (χ2n) is 4.95. The average molecular weight is 212 g/mol. The Morgan fingerprint density at radius 2 is 2.00 bits per heavy atom. The minimum Gasteiger partial charge on any atom is -0.0995 e. The van der Waals surface area contributed by atoms with E-state index >= 15 is 0 Å². The summed E-state index contributed by atoms with van der Waals surface area (Å²) < 4.78 is 0. The van der Waals surface area contributed by atoms with Gasteiger partial charge in [0.1, 0.15) is 0 Å². The molecule has 2 rings (SSSR count). The first-order valence-electron chi connectivity index (χ1n) is 6.04. The molecule has 1 aliphatic rings. The first-order valence-corrected chi connectivity index (χ1v) is 6.04. The molecule has 1 aliphatic carbocycles. The lowest BCUT2D eigenvalue weighted by molar-refractivity contribution is 0.607. The Balaban J connectivity index is 2.59. The molecule has 0 bridgehead atoms. The predicted molar refractivity (Wildman–Crippen MR) is 71.6 cm³/mol. The molecule has 1 aromatic carbocycles. The minimum atomic E-state index is 0.539. The lowest BCUT2D eigenvalue weighted by atomic mass is 9.76. The molecule has 84 valence electrons. The van der Waals surface area contributed by atoms with Gasteiger partial charge in [0.25, 0.3) is 0 Å². The quantitative estimate of drug-likeness (QED) is 0.622. The molecule has 1 unspecified atom stereocenters. The van der Waals surface area contributed by atoms with Crippen LogP contribution < -0.4 is 0 Å². The van der Waals surface area contributed by atoms with E-state index in [0.29, 0.717) is 5.92 Å². The van der Waals surface area contributed by atoms with Crippen molar-refractivity contribution in [2.24, 2.45) is 0 Å². The largest absolute Gasteiger partial charge is 0.0995 e. The topological polar surface area (TPSA) is 0 Å². The van der Waals surface area contributed by atoms with Crippen molar-refractivity contribution in [3.63, 3.8) is 0 Å². The summed E-state index contributed by atoms with van der Waals surface area (Å²) in [6.07, 6.45) is 3.73. The molecule has 0 saturated carbocycles. The van der Waals surface area contributed by atoms with Crippen LogP contribution in [0.5, 0.6) is 0 Å². The average Bonchev–Trinajstić information content (AvgIpc) is 2.27. The lowest BCUT2D eigenvalue weighted by Gasteiger charge is -2.28. The van der Waals surface area contributed by atoms with E-state index in [1.807, 2.05) is 0 Å². The van der Waals surface area contributed by atoms with Crippen LogP contribution in [0.1, 0.15) is 49.3 Å². The molecule has 0 N–H and O–H groups in total. The normalized spacial score (nSPS) is 19.0. The Kier molecular flexibility index (Phi) is 3.00. The third kappa shape index (κ3) is 1.84. The van der Waals surface area contributed by atoms with Gasteiger partial charge in [-0.05, 0) is 49.8 Å². The van der Waals surface area contributed by atoms with Crippen molar-refractivity contribution in [3.05, 3.63) is 53.6 Å². The van der Waals surface area contributed by atoms with Crippen molar-refractivity contribution in [3.8, 4) is 0 Å². The fraction of sp³-hybridized carbons (Fsp3) is 0.375. The first kappa shape index (κ1) is 11.2. The van der Waals surface area contributed by atoms with E-state index in [0.717, 1.165) is 0 Å². The van der Waals surface area contributed by atoms with Crippen LogP contribution in [0.3, 0.4) is 0 Å². The third-order valence-electron chi connectivity index (χ3n) is 3.54. The number of benzene rings is 1. The summed E-state index contributed by atoms with van der Waals surface area (Å²) in [5.41, 5.74) is 6.79. The van der Waals surface area contributed by atoms with Crippen molar-refractivity contribution in [2.45, 2.75) is 39.0 Å². The van der Waals surface area contributed by atoms with E-state index in [4.69, 9.17) is 0 Å². The summed E-state index contributed by atoms with van der Waals surface area (Å²) >= 11 is 0. The summed E-state index contributed by atoms with van der Waals surface area (Å²) in [5, 5.41) is 0. The predicted octanol–water partition coefficient (Wildman–Crippen LogP) is 4.72. The summed E-state index contributed by atoms with van der Waals surface area (Å²) in [7, 11) is 0. The molecule has 0 fully saturated rings. The van der Waals surface area contributed by atoms with Crippen LogP contribution in [0, 0.1) is 0 Å². The second-order valence-corrected chi connectivity index (χ2v) is 4.95. The highest BCUT2D eigenvalue weighted by Gasteiger charge is 2.23. The summed E-state index contributed by atoms with van der Waals surface area (Å²) in [6, 6.07) is 6.61. The van der Waals surface area contributed by atoms with Gasteiger partial charge >= 0.3 is 0 Å². The standard InChI is InChI=1S/C16H20/c1-11(2)14-9-5-7-13-8-6-10-15(12(3)4)16(13)14/h5,7,9,15H,1,3,6,8,10H2,2,4H3. The van der Waals surface area contributed by atoms with Crippen LogP contribution in [0.15, 0.2) is 36.9 Å². The summed E-state index contributed by atoms with van der Waals surface area (Å²) in [4.78, 5) is 0. The molecule has 16 heavy (non-hydrogen) atoms. The maximum absolute atomic E-state index is 4.15. The lowest BCUT2D eigenvalue weighted by Crippen LogP contribution is -2.12. The fourth-order valence-electron chi connectivity index (χ4n) is 2.75. The Morgan fingerprint density at radius 3 is 2.62 bits per heavy atom. The van der Waals surface area contributed by atoms with Crippen LogP contribution in [0.2, 0.25) is 0 Å². The van der Waals surface area contributed by atoms with Crippen LogP contribution in [-0.2, 0) is 6.42 Å². The monoisotopic (exact) mass is 212 g/mol. The van der Waals surface area contributed by atoms with E-state index in [-0.39, 0.29) is 0 Å². The zero-order valence-electron chi connectivity index (χ0n) is 10.3. The van der Waals surface area contributed by atoms with Crippen molar-refractivity contribution in [2.75, 3.05) is 0 Å². The Bertz CT molecular complexity index is 437. The molecule has 0 spiro atoms. The molecular weight excluding hydrogens is 192 g/mol. The van der Waals surface area contributed by atoms with Gasteiger partial charge in [-0.25, -0.2) is 0 Å². The highest BCUT2D eigenvalue weighted by molar-refractivity contribution is 5.67. The van der Waals surface area contributed by atoms with Gasteiger partial charge in [0.05, 0.1) is 0 Å². The molecule has 0 amide bonds. The van der Waals surface area contributed by atoms with E-state index in [2.05, 4.69) is 45.2 Å². The van der Waals surface area contributed by atoms with Crippen LogP contribution in [0.4, 0.5) is 0 Å². The molecule has 0 saturated heterocycles. The highest BCUT2D eigenvalue weighted by Crippen LogP contribution is 2.39. The number of allylic oxidation sites excluding steroid dienone is 2. The van der Waals surface area contributed by atoms with Crippen molar-refractivity contribution in [1.29, 1.82) is 0 Å². The van der Waals surface area contributed by atoms with E-state index in [1.165, 1.54) is 47.1 Å². The second kappa shape index (κ2) is 4.29. The number of aryl methyl sites for hydroxylation is 1. The SMILES string of the molecule is C=C(C)c1cccc2c1C(C(=C)C)CCC2. The van der Waals surface area contributed by atoms with Gasteiger partial charge in [-0.1, -0.05) is 42.5 Å². The van der Waals surface area contributed by atoms with Crippen molar-refractivity contribution < 1.29 is 0 Å². The van der Waals surface area contributed by atoms with Gasteiger partial charge in [0.2, 0.25) is 0 Å². The number of hydrogen-bond acceptors (Lipinski definition) is 0. The maximum Gasteiger partial charge on any atom is 0.00515 e. The van der Waals surface area contributed by atoms with Gasteiger partial charge in [0.15, 0.2) is 0 Å². The molecule has 0 heterocycles. The Labute approximate surface area is 98.7 Å². The fourth-order valence-corrected chi connectivity index (χ4v) is 2.75. The molecule has 0 heteroatoms. The van der Waals surface area contributed by atoms with E-state index in [1.54, 1.807) is 0 Å². The van der Waals surface area contributed by atoms with Crippen LogP contribution >= 0.6 is 0 Å². The highest BCUT2D eigenvalue weighted by atomic mass is 14.3. The van der Waals surface area contributed by atoms with Crippen LogP contribution in [-0.4, -0.2) is 0 Å². The van der Waals surface area contributed by atoms with Crippen molar-refractivity contribution in [1.82, 2.24) is 0 Å². The number of rotatable bonds is 2. The zero-order chi connectivity index (χ0) is 11.7. The van der Waals surface area contributed by atoms with Gasteiger partial charge in [-0.15, -0.1) is 0 Å². The van der Waals surface area contributed by atoms with Gasteiger partial charge in [-0.3, -0.25) is 0 Å². The van der Waals surface area contributed by atoms with Gasteiger partial charge in [0, 0.05) is 5.92 Å². The first-order chi connectivity index (χ1) is 7.61. The number of hydrogen-bond donors (Lipinski definition) is 0. The van der Waals surface area contributed by atoms with Gasteiger partial charge < -0.3 is 0 Å². The molecule has 0 aromatic heterocycles. The molecule has 0 aliphatic heterocycles. The van der Waals surface area contributed by atoms with E-state index in [9.17, 15) is 0 Å². The van der Waals surface area contributed by atoms with Crippen molar-refractivity contribution >= 4 is 5.57 Å². The molecular formula is C16H20. The zero-order valence-corrected chi connectivity index (χ0v) is 10.3. The molecule has 1 aromatic rings. The summed E-state index contributed by atoms with van der Waals surface area (Å²) in [5.74, 6) is 0.539. The van der Waals surface area contributed by atoms with Gasteiger partial charge in [-0.2, -0.15) is 0 Å². The smallest absolute Gasteiger partial charge is 0.00515 e.